The van der Waals surface area contributed by atoms with Gasteiger partial charge < -0.3 is 9.47 Å². The van der Waals surface area contributed by atoms with Crippen LogP contribution in [0.15, 0.2) is 24.3 Å². The SMILES string of the molecule is Clc1ccccc1C1COCO1. The normalized spacial score (nSPS) is 22.9. The first-order valence-corrected chi connectivity index (χ1v) is 4.19. The lowest BCUT2D eigenvalue weighted by atomic mass is 10.1. The molecule has 1 aliphatic heterocycles. The second kappa shape index (κ2) is 3.44. The summed E-state index contributed by atoms with van der Waals surface area (Å²) >= 11 is 5.97. The van der Waals surface area contributed by atoms with Crippen molar-refractivity contribution in [2.75, 3.05) is 13.4 Å². The molecule has 3 heteroatoms. The number of rotatable bonds is 1. The van der Waals surface area contributed by atoms with Crippen molar-refractivity contribution in [3.8, 4) is 0 Å². The third-order valence-electron chi connectivity index (χ3n) is 1.87. The Morgan fingerprint density at radius 3 is 2.83 bits per heavy atom. The fourth-order valence-corrected chi connectivity index (χ4v) is 1.51. The highest BCUT2D eigenvalue weighted by Crippen LogP contribution is 2.28. The van der Waals surface area contributed by atoms with Gasteiger partial charge in [0.15, 0.2) is 0 Å². The molecule has 2 nitrogen and oxygen atoms in total. The molecule has 0 saturated carbocycles. The van der Waals surface area contributed by atoms with E-state index >= 15 is 0 Å². The Labute approximate surface area is 76.1 Å². The molecule has 0 aliphatic carbocycles. The predicted molar refractivity (Wildman–Crippen MR) is 46.1 cm³/mol. The second-order valence-electron chi connectivity index (χ2n) is 2.67. The van der Waals surface area contributed by atoms with E-state index in [1.54, 1.807) is 0 Å². The van der Waals surface area contributed by atoms with Crippen molar-refractivity contribution in [3.05, 3.63) is 34.9 Å². The highest BCUT2D eigenvalue weighted by molar-refractivity contribution is 6.31. The van der Waals surface area contributed by atoms with Crippen molar-refractivity contribution in [1.29, 1.82) is 0 Å². The van der Waals surface area contributed by atoms with Crippen LogP contribution in [0, 0.1) is 0 Å². The Balaban J connectivity index is 2.26. The zero-order chi connectivity index (χ0) is 8.39. The van der Waals surface area contributed by atoms with E-state index in [1.807, 2.05) is 24.3 Å². The standard InChI is InChI=1S/C9H9ClO2/c10-8-4-2-1-3-7(8)9-5-11-6-12-9/h1-4,9H,5-6H2. The number of halogens is 1. The lowest BCUT2D eigenvalue weighted by Gasteiger charge is -2.08. The summed E-state index contributed by atoms with van der Waals surface area (Å²) in [5, 5.41) is 0.744. The zero-order valence-corrected chi connectivity index (χ0v) is 7.25. The van der Waals surface area contributed by atoms with E-state index in [4.69, 9.17) is 21.1 Å². The second-order valence-corrected chi connectivity index (χ2v) is 3.07. The Bertz CT molecular complexity index is 269. The van der Waals surface area contributed by atoms with Crippen molar-refractivity contribution < 1.29 is 9.47 Å². The molecule has 0 amide bonds. The van der Waals surface area contributed by atoms with Gasteiger partial charge in [0, 0.05) is 10.6 Å². The van der Waals surface area contributed by atoms with E-state index in [-0.39, 0.29) is 6.10 Å². The van der Waals surface area contributed by atoms with Gasteiger partial charge in [-0.3, -0.25) is 0 Å². The molecule has 1 unspecified atom stereocenters. The Kier molecular flexibility index (Phi) is 2.30. The molecule has 1 aliphatic rings. The van der Waals surface area contributed by atoms with E-state index in [1.165, 1.54) is 0 Å². The van der Waals surface area contributed by atoms with Crippen molar-refractivity contribution in [2.24, 2.45) is 0 Å². The number of hydrogen-bond donors (Lipinski definition) is 0. The summed E-state index contributed by atoms with van der Waals surface area (Å²) in [5.41, 5.74) is 1.01. The molecule has 0 aromatic heterocycles. The maximum atomic E-state index is 5.97. The van der Waals surface area contributed by atoms with Gasteiger partial charge in [-0.15, -0.1) is 0 Å². The van der Waals surface area contributed by atoms with Crippen LogP contribution in [0.5, 0.6) is 0 Å². The summed E-state index contributed by atoms with van der Waals surface area (Å²) in [6, 6.07) is 7.67. The lowest BCUT2D eigenvalue weighted by molar-refractivity contribution is 0.0466. The van der Waals surface area contributed by atoms with Crippen LogP contribution in [-0.2, 0) is 9.47 Å². The minimum Gasteiger partial charge on any atom is -0.352 e. The molecule has 0 bridgehead atoms. The van der Waals surface area contributed by atoms with E-state index < -0.39 is 0 Å². The van der Waals surface area contributed by atoms with Gasteiger partial charge in [-0.2, -0.15) is 0 Å². The van der Waals surface area contributed by atoms with Gasteiger partial charge in [-0.1, -0.05) is 29.8 Å². The summed E-state index contributed by atoms with van der Waals surface area (Å²) in [5.74, 6) is 0. The highest BCUT2D eigenvalue weighted by Gasteiger charge is 2.19. The van der Waals surface area contributed by atoms with E-state index in [2.05, 4.69) is 0 Å². The number of ether oxygens (including phenoxy) is 2. The Morgan fingerprint density at radius 2 is 2.17 bits per heavy atom. The number of hydrogen-bond acceptors (Lipinski definition) is 2. The molecule has 64 valence electrons. The van der Waals surface area contributed by atoms with Crippen LogP contribution < -0.4 is 0 Å². The molecule has 0 spiro atoms. The molecule has 1 saturated heterocycles. The molecule has 12 heavy (non-hydrogen) atoms. The molecule has 1 heterocycles. The minimum atomic E-state index is 0.0127. The van der Waals surface area contributed by atoms with Gasteiger partial charge in [-0.25, -0.2) is 0 Å². The van der Waals surface area contributed by atoms with Gasteiger partial charge in [-0.05, 0) is 6.07 Å². The summed E-state index contributed by atoms with van der Waals surface area (Å²) in [6.45, 7) is 0.972. The lowest BCUT2D eigenvalue weighted by Crippen LogP contribution is -1.99. The Hall–Kier alpha value is -0.570. The van der Waals surface area contributed by atoms with Crippen LogP contribution in [-0.4, -0.2) is 13.4 Å². The zero-order valence-electron chi connectivity index (χ0n) is 6.50. The average molecular weight is 185 g/mol. The van der Waals surface area contributed by atoms with Crippen molar-refractivity contribution in [2.45, 2.75) is 6.10 Å². The minimum absolute atomic E-state index is 0.0127. The molecule has 0 N–H and O–H groups in total. The maximum Gasteiger partial charge on any atom is 0.147 e. The molecule has 1 fully saturated rings. The summed E-state index contributed by atoms with van der Waals surface area (Å²) in [7, 11) is 0. The molecule has 1 aromatic rings. The third-order valence-corrected chi connectivity index (χ3v) is 2.22. The van der Waals surface area contributed by atoms with Crippen LogP contribution in [0.1, 0.15) is 11.7 Å². The van der Waals surface area contributed by atoms with Gasteiger partial charge in [0.05, 0.1) is 6.61 Å². The van der Waals surface area contributed by atoms with E-state index in [9.17, 15) is 0 Å². The fraction of sp³-hybridized carbons (Fsp3) is 0.333. The molecule has 1 atom stereocenters. The van der Waals surface area contributed by atoms with Crippen LogP contribution in [0.3, 0.4) is 0 Å². The Morgan fingerprint density at radius 1 is 1.33 bits per heavy atom. The first kappa shape index (κ1) is 8.05. The average Bonchev–Trinajstić information content (AvgIpc) is 2.57. The summed E-state index contributed by atoms with van der Waals surface area (Å²) < 4.78 is 10.4. The fourth-order valence-electron chi connectivity index (χ4n) is 1.25. The van der Waals surface area contributed by atoms with Crippen LogP contribution >= 0.6 is 11.6 Å². The van der Waals surface area contributed by atoms with E-state index in [0.717, 1.165) is 10.6 Å². The molecule has 2 rings (SSSR count). The van der Waals surface area contributed by atoms with Gasteiger partial charge in [0.1, 0.15) is 12.9 Å². The first-order chi connectivity index (χ1) is 5.88. The van der Waals surface area contributed by atoms with E-state index in [0.29, 0.717) is 13.4 Å². The largest absolute Gasteiger partial charge is 0.352 e. The van der Waals surface area contributed by atoms with Crippen molar-refractivity contribution in [3.63, 3.8) is 0 Å². The first-order valence-electron chi connectivity index (χ1n) is 3.81. The highest BCUT2D eigenvalue weighted by atomic mass is 35.5. The van der Waals surface area contributed by atoms with Crippen molar-refractivity contribution in [1.82, 2.24) is 0 Å². The molecule has 0 radical (unpaired) electrons. The predicted octanol–water partition coefficient (Wildman–Crippen LogP) is 2.39. The summed E-state index contributed by atoms with van der Waals surface area (Å²) in [4.78, 5) is 0. The van der Waals surface area contributed by atoms with Gasteiger partial charge >= 0.3 is 0 Å². The molecular weight excluding hydrogens is 176 g/mol. The smallest absolute Gasteiger partial charge is 0.147 e. The molecular formula is C9H9ClO2. The monoisotopic (exact) mass is 184 g/mol. The van der Waals surface area contributed by atoms with Gasteiger partial charge in [0.2, 0.25) is 0 Å². The summed E-state index contributed by atoms with van der Waals surface area (Å²) in [6.07, 6.45) is 0.0127. The van der Waals surface area contributed by atoms with Crippen LogP contribution in [0.4, 0.5) is 0 Å². The number of benzene rings is 1. The third kappa shape index (κ3) is 1.46. The van der Waals surface area contributed by atoms with Crippen LogP contribution in [0.2, 0.25) is 5.02 Å². The topological polar surface area (TPSA) is 18.5 Å². The molecule has 1 aromatic carbocycles. The van der Waals surface area contributed by atoms with Gasteiger partial charge in [0.25, 0.3) is 0 Å². The van der Waals surface area contributed by atoms with Crippen LogP contribution in [0.25, 0.3) is 0 Å². The quantitative estimate of drug-likeness (QED) is 0.667. The maximum absolute atomic E-state index is 5.97. The van der Waals surface area contributed by atoms with Crippen molar-refractivity contribution >= 4 is 11.6 Å².